The number of carboxylic acids is 1. The lowest BCUT2D eigenvalue weighted by Gasteiger charge is -2.16. The van der Waals surface area contributed by atoms with E-state index in [2.05, 4.69) is 0 Å². The summed E-state index contributed by atoms with van der Waals surface area (Å²) in [6.07, 6.45) is -6.00. The summed E-state index contributed by atoms with van der Waals surface area (Å²) in [6, 6.07) is 5.60. The summed E-state index contributed by atoms with van der Waals surface area (Å²) in [6.45, 7) is 0.416. The molecule has 2 rings (SSSR count). The monoisotopic (exact) mass is 353 g/mol. The van der Waals surface area contributed by atoms with E-state index in [9.17, 15) is 18.0 Å². The van der Waals surface area contributed by atoms with Gasteiger partial charge in [0.05, 0.1) is 6.54 Å². The van der Waals surface area contributed by atoms with Crippen LogP contribution in [0.3, 0.4) is 0 Å². The summed E-state index contributed by atoms with van der Waals surface area (Å²) in [7, 11) is 0. The predicted octanol–water partition coefficient (Wildman–Crippen LogP) is 4.13. The third-order valence-corrected chi connectivity index (χ3v) is 3.79. The molecule has 120 valence electrons. The second-order valence-electron chi connectivity index (χ2n) is 3.75. The van der Waals surface area contributed by atoms with Crippen molar-refractivity contribution in [2.75, 3.05) is 4.90 Å². The number of anilines is 1. The second-order valence-corrected chi connectivity index (χ2v) is 5.46. The van der Waals surface area contributed by atoms with E-state index in [0.717, 1.165) is 10.6 Å². The van der Waals surface area contributed by atoms with Gasteiger partial charge in [0.15, 0.2) is 0 Å². The molecule has 0 aliphatic carbocycles. The molecule has 1 amide bonds. The van der Waals surface area contributed by atoms with Crippen molar-refractivity contribution in [2.24, 2.45) is 0 Å². The minimum absolute atomic E-state index is 0.416. The van der Waals surface area contributed by atoms with E-state index < -0.39 is 18.2 Å². The van der Waals surface area contributed by atoms with Crippen molar-refractivity contribution in [2.45, 2.75) is 12.7 Å². The zero-order chi connectivity index (χ0) is 16.8. The van der Waals surface area contributed by atoms with Gasteiger partial charge in [-0.15, -0.1) is 11.3 Å². The maximum atomic E-state index is 11.1. The summed E-state index contributed by atoms with van der Waals surface area (Å²) in [5.74, 6) is -2.76. The molecule has 0 aliphatic rings. The van der Waals surface area contributed by atoms with E-state index in [1.54, 1.807) is 11.3 Å². The highest BCUT2D eigenvalue weighted by molar-refractivity contribution is 7.14. The van der Waals surface area contributed by atoms with Gasteiger partial charge in [0.1, 0.15) is 5.00 Å². The molecule has 2 aromatic rings. The fourth-order valence-electron chi connectivity index (χ4n) is 1.23. The Morgan fingerprint density at radius 1 is 1.18 bits per heavy atom. The molecule has 0 aliphatic heterocycles. The summed E-state index contributed by atoms with van der Waals surface area (Å²) in [5, 5.41) is 22.7. The molecule has 0 aromatic carbocycles. The van der Waals surface area contributed by atoms with Gasteiger partial charge in [-0.3, -0.25) is 4.90 Å². The molecule has 0 atom stereocenters. The maximum Gasteiger partial charge on any atom is 0.490 e. The van der Waals surface area contributed by atoms with Gasteiger partial charge >= 0.3 is 18.2 Å². The Kier molecular flexibility index (Phi) is 6.38. The summed E-state index contributed by atoms with van der Waals surface area (Å²) in [4.78, 5) is 21.3. The Labute approximate surface area is 130 Å². The van der Waals surface area contributed by atoms with E-state index in [4.69, 9.17) is 15.0 Å². The zero-order valence-corrected chi connectivity index (χ0v) is 12.4. The average molecular weight is 353 g/mol. The first kappa shape index (κ1) is 18.0. The molecular formula is C12H10F3NO4S2. The number of alkyl halides is 3. The van der Waals surface area contributed by atoms with Gasteiger partial charge in [-0.25, -0.2) is 9.59 Å². The molecule has 0 unspecified atom stereocenters. The van der Waals surface area contributed by atoms with Gasteiger partial charge in [-0.1, -0.05) is 0 Å². The molecular weight excluding hydrogens is 343 g/mol. The van der Waals surface area contributed by atoms with E-state index in [-0.39, 0.29) is 0 Å². The van der Waals surface area contributed by atoms with Gasteiger partial charge in [-0.05, 0) is 39.9 Å². The van der Waals surface area contributed by atoms with Gasteiger partial charge in [0.25, 0.3) is 0 Å². The second kappa shape index (κ2) is 7.80. The lowest BCUT2D eigenvalue weighted by atomic mass is 10.3. The van der Waals surface area contributed by atoms with Crippen LogP contribution in [0.5, 0.6) is 0 Å². The molecule has 0 spiro atoms. The topological polar surface area (TPSA) is 77.8 Å². The van der Waals surface area contributed by atoms with Gasteiger partial charge in [-0.2, -0.15) is 24.5 Å². The fraction of sp³-hybridized carbons (Fsp3) is 0.167. The van der Waals surface area contributed by atoms with E-state index in [1.165, 1.54) is 16.2 Å². The smallest absolute Gasteiger partial charge is 0.475 e. The minimum atomic E-state index is -5.08. The molecule has 10 heteroatoms. The van der Waals surface area contributed by atoms with Crippen LogP contribution in [0.15, 0.2) is 34.3 Å². The number of halogens is 3. The van der Waals surface area contributed by atoms with Crippen LogP contribution in [0.1, 0.15) is 5.56 Å². The number of amides is 1. The standard InChI is InChI=1S/C10H9NO2S2.C2HF3O2/c12-10(13)11(9-2-1-4-15-9)6-8-3-5-14-7-8;3-2(4,5)1(6)7/h1-5,7H,6H2,(H,12,13);(H,6,7). The molecule has 22 heavy (non-hydrogen) atoms. The average Bonchev–Trinajstić information content (AvgIpc) is 3.08. The summed E-state index contributed by atoms with van der Waals surface area (Å²) in [5.41, 5.74) is 1.02. The van der Waals surface area contributed by atoms with Crippen LogP contribution in [-0.2, 0) is 11.3 Å². The molecule has 2 N–H and O–H groups in total. The molecule has 2 heterocycles. The molecule has 0 fully saturated rings. The normalized spacial score (nSPS) is 10.5. The third-order valence-electron chi connectivity index (χ3n) is 2.17. The minimum Gasteiger partial charge on any atom is -0.475 e. The van der Waals surface area contributed by atoms with E-state index in [1.807, 2.05) is 34.3 Å². The van der Waals surface area contributed by atoms with Crippen molar-refractivity contribution in [3.8, 4) is 0 Å². The van der Waals surface area contributed by atoms with E-state index in [0.29, 0.717) is 6.54 Å². The van der Waals surface area contributed by atoms with Crippen molar-refractivity contribution in [1.82, 2.24) is 0 Å². The molecule has 0 saturated heterocycles. The number of nitrogens with zero attached hydrogens (tertiary/aromatic N) is 1. The number of hydrogen-bond donors (Lipinski definition) is 2. The maximum absolute atomic E-state index is 11.1. The first-order valence-corrected chi connectivity index (χ1v) is 7.39. The first-order chi connectivity index (χ1) is 10.2. The molecule has 0 saturated carbocycles. The number of hydrogen-bond acceptors (Lipinski definition) is 4. The van der Waals surface area contributed by atoms with Crippen molar-refractivity contribution >= 4 is 39.7 Å². The Morgan fingerprint density at radius 3 is 2.18 bits per heavy atom. The molecule has 0 radical (unpaired) electrons. The molecule has 2 aromatic heterocycles. The van der Waals surface area contributed by atoms with Crippen molar-refractivity contribution in [3.63, 3.8) is 0 Å². The Balaban J connectivity index is 0.000000295. The van der Waals surface area contributed by atoms with Gasteiger partial charge in [0.2, 0.25) is 0 Å². The SMILES string of the molecule is O=C(O)C(F)(F)F.O=C(O)N(Cc1ccsc1)c1cccs1. The van der Waals surface area contributed by atoms with Crippen LogP contribution in [0.25, 0.3) is 0 Å². The van der Waals surface area contributed by atoms with Gasteiger partial charge < -0.3 is 10.2 Å². The van der Waals surface area contributed by atoms with Crippen molar-refractivity contribution in [1.29, 1.82) is 0 Å². The third kappa shape index (κ3) is 5.74. The highest BCUT2D eigenvalue weighted by atomic mass is 32.1. The van der Waals surface area contributed by atoms with Crippen molar-refractivity contribution < 1.29 is 33.0 Å². The lowest BCUT2D eigenvalue weighted by molar-refractivity contribution is -0.192. The number of carboxylic acid groups (broad SMARTS) is 2. The number of aliphatic carboxylic acids is 1. The highest BCUT2D eigenvalue weighted by Gasteiger charge is 2.38. The summed E-state index contributed by atoms with van der Waals surface area (Å²) < 4.78 is 31.7. The Morgan fingerprint density at radius 2 is 1.82 bits per heavy atom. The highest BCUT2D eigenvalue weighted by Crippen LogP contribution is 2.23. The van der Waals surface area contributed by atoms with Crippen LogP contribution in [0.4, 0.5) is 23.0 Å². The largest absolute Gasteiger partial charge is 0.490 e. The number of thiophene rings is 2. The number of rotatable bonds is 3. The Bertz CT molecular complexity index is 596. The molecule has 0 bridgehead atoms. The van der Waals surface area contributed by atoms with Crippen LogP contribution in [0.2, 0.25) is 0 Å². The first-order valence-electron chi connectivity index (χ1n) is 5.57. The summed E-state index contributed by atoms with van der Waals surface area (Å²) >= 11 is 3.00. The lowest BCUT2D eigenvalue weighted by Crippen LogP contribution is -2.27. The number of carbonyl (C=O) groups is 2. The molecule has 5 nitrogen and oxygen atoms in total. The quantitative estimate of drug-likeness (QED) is 0.870. The van der Waals surface area contributed by atoms with Crippen LogP contribution in [-0.4, -0.2) is 28.5 Å². The predicted molar refractivity (Wildman–Crippen MR) is 76.5 cm³/mol. The van der Waals surface area contributed by atoms with E-state index >= 15 is 0 Å². The zero-order valence-electron chi connectivity index (χ0n) is 10.8. The van der Waals surface area contributed by atoms with Crippen molar-refractivity contribution in [3.05, 3.63) is 39.9 Å². The fourth-order valence-corrected chi connectivity index (χ4v) is 2.61. The van der Waals surface area contributed by atoms with Crippen LogP contribution in [0, 0.1) is 0 Å². The Hall–Kier alpha value is -2.07. The van der Waals surface area contributed by atoms with Crippen LogP contribution < -0.4 is 4.90 Å². The van der Waals surface area contributed by atoms with Crippen LogP contribution >= 0.6 is 22.7 Å². The van der Waals surface area contributed by atoms with Gasteiger partial charge in [0, 0.05) is 0 Å².